The minimum absolute atomic E-state index is 0.183. The van der Waals surface area contributed by atoms with Crippen LogP contribution < -0.4 is 25.0 Å². The number of amides is 1. The van der Waals surface area contributed by atoms with Gasteiger partial charge in [0.05, 0.1) is 14.2 Å². The van der Waals surface area contributed by atoms with Crippen molar-refractivity contribution in [1.82, 2.24) is 15.3 Å². The van der Waals surface area contributed by atoms with Crippen LogP contribution in [0.2, 0.25) is 0 Å². The zero-order chi connectivity index (χ0) is 20.6. The van der Waals surface area contributed by atoms with Crippen molar-refractivity contribution in [3.8, 4) is 11.5 Å². The molecule has 3 rings (SSSR count). The summed E-state index contributed by atoms with van der Waals surface area (Å²) in [6, 6.07) is 7.08. The molecule has 1 amide bonds. The van der Waals surface area contributed by atoms with Crippen molar-refractivity contribution in [2.45, 2.75) is 26.2 Å². The minimum atomic E-state index is -0.183. The Morgan fingerprint density at radius 1 is 1.00 bits per heavy atom. The lowest BCUT2D eigenvalue weighted by Crippen LogP contribution is -2.31. The van der Waals surface area contributed by atoms with E-state index >= 15 is 0 Å². The summed E-state index contributed by atoms with van der Waals surface area (Å²) in [5, 5.41) is 6.17. The number of piperidine rings is 1. The largest absolute Gasteiger partial charge is 0.497 e. The fraction of sp³-hybridized carbons (Fsp3) is 0.476. The molecule has 2 heterocycles. The highest BCUT2D eigenvalue weighted by atomic mass is 16.5. The summed E-state index contributed by atoms with van der Waals surface area (Å²) >= 11 is 0. The highest BCUT2D eigenvalue weighted by Crippen LogP contribution is 2.22. The first-order chi connectivity index (χ1) is 14.1. The van der Waals surface area contributed by atoms with E-state index in [0.29, 0.717) is 30.2 Å². The minimum Gasteiger partial charge on any atom is -0.497 e. The first kappa shape index (κ1) is 20.7. The number of nitrogens with one attached hydrogen (secondary N) is 2. The summed E-state index contributed by atoms with van der Waals surface area (Å²) < 4.78 is 10.4. The molecule has 0 aliphatic carbocycles. The predicted molar refractivity (Wildman–Crippen MR) is 113 cm³/mol. The fourth-order valence-electron chi connectivity index (χ4n) is 3.33. The van der Waals surface area contributed by atoms with Crippen LogP contribution in [0.25, 0.3) is 0 Å². The van der Waals surface area contributed by atoms with Crippen LogP contribution in [-0.4, -0.2) is 56.3 Å². The number of methoxy groups -OCH3 is 2. The van der Waals surface area contributed by atoms with Gasteiger partial charge in [0.25, 0.3) is 5.91 Å². The molecule has 2 aromatic rings. The van der Waals surface area contributed by atoms with E-state index in [1.165, 1.54) is 19.3 Å². The Hall–Kier alpha value is -3.03. The molecule has 0 bridgehead atoms. The Kier molecular flexibility index (Phi) is 7.10. The first-order valence-corrected chi connectivity index (χ1v) is 9.95. The normalized spacial score (nSPS) is 13.7. The lowest BCUT2D eigenvalue weighted by atomic mass is 10.1. The molecule has 1 saturated heterocycles. The van der Waals surface area contributed by atoms with Gasteiger partial charge in [-0.05, 0) is 38.3 Å². The Bertz CT molecular complexity index is 815. The molecule has 156 valence electrons. The molecular formula is C21H29N5O3. The number of hydrogen-bond donors (Lipinski definition) is 2. The van der Waals surface area contributed by atoms with Gasteiger partial charge in [0, 0.05) is 43.9 Å². The Balaban J connectivity index is 1.54. The van der Waals surface area contributed by atoms with Crippen molar-refractivity contribution >= 4 is 17.5 Å². The third-order valence-electron chi connectivity index (χ3n) is 4.83. The van der Waals surface area contributed by atoms with E-state index in [4.69, 9.17) is 9.47 Å². The van der Waals surface area contributed by atoms with Crippen LogP contribution in [0.1, 0.15) is 35.4 Å². The molecule has 29 heavy (non-hydrogen) atoms. The molecule has 8 heteroatoms. The Morgan fingerprint density at radius 2 is 1.69 bits per heavy atom. The summed E-state index contributed by atoms with van der Waals surface area (Å²) in [7, 11) is 3.12. The standard InChI is InChI=1S/C21H29N5O3/c1-15-24-19(14-20(25-15)26-9-5-4-6-10-26)22-7-8-23-21(27)16-11-17(28-2)13-18(12-16)29-3/h11-14H,4-10H2,1-3H3,(H,23,27)(H,22,24,25). The van der Waals surface area contributed by atoms with Gasteiger partial charge in [-0.2, -0.15) is 0 Å². The molecule has 1 aliphatic rings. The van der Waals surface area contributed by atoms with Crippen molar-refractivity contribution in [3.63, 3.8) is 0 Å². The van der Waals surface area contributed by atoms with Gasteiger partial charge in [0.1, 0.15) is 29.0 Å². The van der Waals surface area contributed by atoms with Crippen LogP contribution in [0.5, 0.6) is 11.5 Å². The lowest BCUT2D eigenvalue weighted by Gasteiger charge is -2.28. The Labute approximate surface area is 171 Å². The highest BCUT2D eigenvalue weighted by molar-refractivity contribution is 5.95. The fourth-order valence-corrected chi connectivity index (χ4v) is 3.33. The van der Waals surface area contributed by atoms with Crippen molar-refractivity contribution in [2.24, 2.45) is 0 Å². The van der Waals surface area contributed by atoms with E-state index in [1.807, 2.05) is 13.0 Å². The second kappa shape index (κ2) is 9.95. The van der Waals surface area contributed by atoms with Gasteiger partial charge >= 0.3 is 0 Å². The number of hydrogen-bond acceptors (Lipinski definition) is 7. The van der Waals surface area contributed by atoms with E-state index in [1.54, 1.807) is 32.4 Å². The quantitative estimate of drug-likeness (QED) is 0.660. The molecule has 0 atom stereocenters. The van der Waals surface area contributed by atoms with E-state index < -0.39 is 0 Å². The monoisotopic (exact) mass is 399 g/mol. The number of benzene rings is 1. The van der Waals surface area contributed by atoms with E-state index in [9.17, 15) is 4.79 Å². The second-order valence-corrected chi connectivity index (χ2v) is 6.99. The van der Waals surface area contributed by atoms with E-state index in [0.717, 1.165) is 30.5 Å². The summed E-state index contributed by atoms with van der Waals surface area (Å²) in [5.41, 5.74) is 0.492. The van der Waals surface area contributed by atoms with Crippen molar-refractivity contribution < 1.29 is 14.3 Å². The van der Waals surface area contributed by atoms with Gasteiger partial charge in [-0.25, -0.2) is 9.97 Å². The van der Waals surface area contributed by atoms with Crippen molar-refractivity contribution in [1.29, 1.82) is 0 Å². The molecule has 2 N–H and O–H groups in total. The van der Waals surface area contributed by atoms with Crippen LogP contribution in [0, 0.1) is 6.92 Å². The molecule has 0 saturated carbocycles. The van der Waals surface area contributed by atoms with Gasteiger partial charge in [0.2, 0.25) is 0 Å². The lowest BCUT2D eigenvalue weighted by molar-refractivity contribution is 0.0954. The number of aryl methyl sites for hydroxylation is 1. The average molecular weight is 399 g/mol. The molecule has 0 spiro atoms. The van der Waals surface area contributed by atoms with Crippen LogP contribution in [-0.2, 0) is 0 Å². The average Bonchev–Trinajstić information content (AvgIpc) is 2.76. The zero-order valence-corrected chi connectivity index (χ0v) is 17.3. The Morgan fingerprint density at radius 3 is 2.34 bits per heavy atom. The number of carbonyl (C=O) groups excluding carboxylic acids is 1. The van der Waals surface area contributed by atoms with Gasteiger partial charge in [-0.1, -0.05) is 0 Å². The number of aromatic nitrogens is 2. The SMILES string of the molecule is COc1cc(OC)cc(C(=O)NCCNc2cc(N3CCCCC3)nc(C)n2)c1. The molecule has 1 fully saturated rings. The number of carbonyl (C=O) groups is 1. The molecular weight excluding hydrogens is 370 g/mol. The number of nitrogens with zero attached hydrogens (tertiary/aromatic N) is 3. The molecule has 1 aromatic carbocycles. The van der Waals surface area contributed by atoms with Crippen LogP contribution in [0.15, 0.2) is 24.3 Å². The smallest absolute Gasteiger partial charge is 0.251 e. The maximum atomic E-state index is 12.4. The third kappa shape index (κ3) is 5.73. The topological polar surface area (TPSA) is 88.6 Å². The summed E-state index contributed by atoms with van der Waals surface area (Å²) in [6.45, 7) is 4.99. The second-order valence-electron chi connectivity index (χ2n) is 6.99. The molecule has 0 unspecified atom stereocenters. The number of anilines is 2. The van der Waals surface area contributed by atoms with E-state index in [-0.39, 0.29) is 5.91 Å². The van der Waals surface area contributed by atoms with Gasteiger partial charge in [0.15, 0.2) is 0 Å². The molecule has 8 nitrogen and oxygen atoms in total. The van der Waals surface area contributed by atoms with Crippen LogP contribution in [0.3, 0.4) is 0 Å². The third-order valence-corrected chi connectivity index (χ3v) is 4.83. The van der Waals surface area contributed by atoms with Gasteiger partial charge < -0.3 is 25.0 Å². The van der Waals surface area contributed by atoms with Crippen LogP contribution >= 0.6 is 0 Å². The number of rotatable bonds is 8. The molecule has 1 aliphatic heterocycles. The van der Waals surface area contributed by atoms with Crippen molar-refractivity contribution in [3.05, 3.63) is 35.7 Å². The maximum Gasteiger partial charge on any atom is 0.251 e. The predicted octanol–water partition coefficient (Wildman–Crippen LogP) is 2.63. The highest BCUT2D eigenvalue weighted by Gasteiger charge is 2.14. The van der Waals surface area contributed by atoms with Crippen molar-refractivity contribution in [2.75, 3.05) is 50.6 Å². The number of ether oxygens (including phenoxy) is 2. The maximum absolute atomic E-state index is 12.4. The van der Waals surface area contributed by atoms with E-state index in [2.05, 4.69) is 25.5 Å². The summed E-state index contributed by atoms with van der Waals surface area (Å²) in [6.07, 6.45) is 3.68. The molecule has 0 radical (unpaired) electrons. The molecule has 1 aromatic heterocycles. The van der Waals surface area contributed by atoms with Gasteiger partial charge in [-0.15, -0.1) is 0 Å². The van der Waals surface area contributed by atoms with Gasteiger partial charge in [-0.3, -0.25) is 4.79 Å². The summed E-state index contributed by atoms with van der Waals surface area (Å²) in [5.74, 6) is 3.45. The summed E-state index contributed by atoms with van der Waals surface area (Å²) in [4.78, 5) is 23.8. The first-order valence-electron chi connectivity index (χ1n) is 9.95. The zero-order valence-electron chi connectivity index (χ0n) is 17.3. The van der Waals surface area contributed by atoms with Crippen LogP contribution in [0.4, 0.5) is 11.6 Å².